The van der Waals surface area contributed by atoms with E-state index in [1.807, 2.05) is 0 Å². The van der Waals surface area contributed by atoms with Crippen LogP contribution in [-0.2, 0) is 6.61 Å². The number of aliphatic hydroxyl groups excluding tert-OH is 1. The first kappa shape index (κ1) is 10.4. The van der Waals surface area contributed by atoms with Crippen molar-refractivity contribution in [3.05, 3.63) is 23.8 Å². The Morgan fingerprint density at radius 3 is 2.92 bits per heavy atom. The number of halogens is 2. The monoisotopic (exact) mass is 249 g/mol. The first-order chi connectivity index (χ1) is 6.27. The maximum Gasteiger partial charge on any atom is 0.150 e. The van der Waals surface area contributed by atoms with Crippen LogP contribution in [0.4, 0.5) is 4.39 Å². The molecular weight excluding hydrogens is 241 g/mol. The standard InChI is InChI=1S/C8H9BrFNO2/c9-1-2-13-6-3-7(10)8(5-12)11-4-6/h3-4,12H,1-2,5H2. The van der Waals surface area contributed by atoms with E-state index in [9.17, 15) is 4.39 Å². The van der Waals surface area contributed by atoms with Gasteiger partial charge in [0.15, 0.2) is 5.82 Å². The first-order valence-corrected chi connectivity index (χ1v) is 4.84. The molecule has 0 atom stereocenters. The summed E-state index contributed by atoms with van der Waals surface area (Å²) in [7, 11) is 0. The van der Waals surface area contributed by atoms with Gasteiger partial charge in [0, 0.05) is 11.4 Å². The van der Waals surface area contributed by atoms with Gasteiger partial charge >= 0.3 is 0 Å². The maximum atomic E-state index is 13.0. The Morgan fingerprint density at radius 2 is 2.38 bits per heavy atom. The van der Waals surface area contributed by atoms with Crippen molar-refractivity contribution in [2.45, 2.75) is 6.61 Å². The molecule has 0 saturated heterocycles. The number of nitrogens with zero attached hydrogens (tertiary/aromatic N) is 1. The van der Waals surface area contributed by atoms with E-state index in [1.165, 1.54) is 12.3 Å². The molecular formula is C8H9BrFNO2. The molecule has 1 rings (SSSR count). The molecule has 1 heterocycles. The summed E-state index contributed by atoms with van der Waals surface area (Å²) in [5, 5.41) is 9.31. The highest BCUT2D eigenvalue weighted by Crippen LogP contribution is 2.13. The van der Waals surface area contributed by atoms with Gasteiger partial charge in [-0.3, -0.25) is 4.98 Å². The number of hydrogen-bond acceptors (Lipinski definition) is 3. The molecule has 0 amide bonds. The van der Waals surface area contributed by atoms with Crippen LogP contribution in [0.1, 0.15) is 5.69 Å². The molecule has 3 nitrogen and oxygen atoms in total. The van der Waals surface area contributed by atoms with Crippen LogP contribution in [0.15, 0.2) is 12.3 Å². The summed E-state index contributed by atoms with van der Waals surface area (Å²) in [5.74, 6) is -0.177. The Morgan fingerprint density at radius 1 is 1.62 bits per heavy atom. The maximum absolute atomic E-state index is 13.0. The van der Waals surface area contributed by atoms with Gasteiger partial charge < -0.3 is 9.84 Å². The lowest BCUT2D eigenvalue weighted by Gasteiger charge is -2.04. The van der Waals surface area contributed by atoms with Gasteiger partial charge in [0.1, 0.15) is 11.4 Å². The second-order valence-electron chi connectivity index (χ2n) is 2.30. The molecule has 0 aliphatic rings. The predicted octanol–water partition coefficient (Wildman–Crippen LogP) is 1.49. The zero-order valence-electron chi connectivity index (χ0n) is 6.83. The van der Waals surface area contributed by atoms with Crippen LogP contribution >= 0.6 is 15.9 Å². The Bertz CT molecular complexity index is 283. The fourth-order valence-electron chi connectivity index (χ4n) is 0.800. The third-order valence-corrected chi connectivity index (χ3v) is 1.71. The number of hydrogen-bond donors (Lipinski definition) is 1. The van der Waals surface area contributed by atoms with Crippen molar-refractivity contribution < 1.29 is 14.2 Å². The summed E-state index contributed by atoms with van der Waals surface area (Å²) in [6.45, 7) is 0.0597. The Labute approximate surface area is 83.7 Å². The molecule has 0 aliphatic carbocycles. The van der Waals surface area contributed by atoms with Crippen LogP contribution in [0.2, 0.25) is 0 Å². The van der Waals surface area contributed by atoms with Gasteiger partial charge in [-0.1, -0.05) is 15.9 Å². The quantitative estimate of drug-likeness (QED) is 0.823. The van der Waals surface area contributed by atoms with E-state index in [4.69, 9.17) is 9.84 Å². The fraction of sp³-hybridized carbons (Fsp3) is 0.375. The molecule has 0 unspecified atom stereocenters. The minimum Gasteiger partial charge on any atom is -0.491 e. The third kappa shape index (κ3) is 2.93. The minimum atomic E-state index is -0.547. The van der Waals surface area contributed by atoms with E-state index in [-0.39, 0.29) is 5.69 Å². The average Bonchev–Trinajstić information content (AvgIpc) is 2.15. The number of aliphatic hydroxyl groups is 1. The summed E-state index contributed by atoms with van der Waals surface area (Å²) in [5.41, 5.74) is 0.0335. The molecule has 0 bridgehead atoms. The summed E-state index contributed by atoms with van der Waals surface area (Å²) in [4.78, 5) is 3.68. The zero-order chi connectivity index (χ0) is 9.68. The molecule has 13 heavy (non-hydrogen) atoms. The van der Waals surface area contributed by atoms with Crippen LogP contribution in [0.5, 0.6) is 5.75 Å². The Balaban J connectivity index is 2.71. The molecule has 0 fully saturated rings. The SMILES string of the molecule is OCc1ncc(OCCBr)cc1F. The van der Waals surface area contributed by atoms with Crippen LogP contribution in [0, 0.1) is 5.82 Å². The smallest absolute Gasteiger partial charge is 0.150 e. The number of aromatic nitrogens is 1. The molecule has 0 radical (unpaired) electrons. The van der Waals surface area contributed by atoms with Gasteiger partial charge in [-0.2, -0.15) is 0 Å². The summed E-state index contributed by atoms with van der Waals surface area (Å²) in [6.07, 6.45) is 1.39. The van der Waals surface area contributed by atoms with Gasteiger partial charge in [-0.15, -0.1) is 0 Å². The molecule has 1 N–H and O–H groups in total. The lowest BCUT2D eigenvalue weighted by atomic mass is 10.3. The summed E-state index contributed by atoms with van der Waals surface area (Å²) >= 11 is 3.17. The highest BCUT2D eigenvalue weighted by molar-refractivity contribution is 9.09. The number of ether oxygens (including phenoxy) is 1. The van der Waals surface area contributed by atoms with Crippen LogP contribution in [-0.4, -0.2) is 22.0 Å². The lowest BCUT2D eigenvalue weighted by Crippen LogP contribution is -2.01. The Hall–Kier alpha value is -0.680. The molecule has 1 aromatic heterocycles. The van der Waals surface area contributed by atoms with E-state index in [1.54, 1.807) is 0 Å². The van der Waals surface area contributed by atoms with Gasteiger partial charge in [0.25, 0.3) is 0 Å². The fourth-order valence-corrected chi connectivity index (χ4v) is 0.962. The third-order valence-electron chi connectivity index (χ3n) is 1.39. The van der Waals surface area contributed by atoms with Crippen molar-refractivity contribution >= 4 is 15.9 Å². The van der Waals surface area contributed by atoms with Gasteiger partial charge in [0.2, 0.25) is 0 Å². The molecule has 0 aromatic carbocycles. The average molecular weight is 250 g/mol. The lowest BCUT2D eigenvalue weighted by molar-refractivity contribution is 0.268. The molecule has 1 aromatic rings. The number of rotatable bonds is 4. The summed E-state index contributed by atoms with van der Waals surface area (Å²) < 4.78 is 18.1. The zero-order valence-corrected chi connectivity index (χ0v) is 8.42. The van der Waals surface area contributed by atoms with Crippen molar-refractivity contribution in [3.8, 4) is 5.75 Å². The second kappa shape index (κ2) is 5.14. The second-order valence-corrected chi connectivity index (χ2v) is 3.09. The van der Waals surface area contributed by atoms with Gasteiger partial charge in [-0.05, 0) is 0 Å². The van der Waals surface area contributed by atoms with Crippen LogP contribution in [0.25, 0.3) is 0 Å². The largest absolute Gasteiger partial charge is 0.491 e. The number of pyridine rings is 1. The van der Waals surface area contributed by atoms with Crippen molar-refractivity contribution in [1.29, 1.82) is 0 Å². The molecule has 72 valence electrons. The Kier molecular flexibility index (Phi) is 4.11. The first-order valence-electron chi connectivity index (χ1n) is 3.72. The van der Waals surface area contributed by atoms with E-state index < -0.39 is 12.4 Å². The van der Waals surface area contributed by atoms with Crippen LogP contribution in [0.3, 0.4) is 0 Å². The van der Waals surface area contributed by atoms with Crippen LogP contribution < -0.4 is 4.74 Å². The van der Waals surface area contributed by atoms with Crippen molar-refractivity contribution in [2.75, 3.05) is 11.9 Å². The topological polar surface area (TPSA) is 42.4 Å². The van der Waals surface area contributed by atoms with Crippen molar-refractivity contribution in [1.82, 2.24) is 4.98 Å². The van der Waals surface area contributed by atoms with Gasteiger partial charge in [0.05, 0.1) is 19.4 Å². The summed E-state index contributed by atoms with van der Waals surface area (Å²) in [6, 6.07) is 1.21. The molecule has 0 spiro atoms. The molecule has 5 heteroatoms. The van der Waals surface area contributed by atoms with Crippen molar-refractivity contribution in [3.63, 3.8) is 0 Å². The van der Waals surface area contributed by atoms with Gasteiger partial charge in [-0.25, -0.2) is 4.39 Å². The van der Waals surface area contributed by atoms with E-state index in [2.05, 4.69) is 20.9 Å². The van der Waals surface area contributed by atoms with E-state index >= 15 is 0 Å². The van der Waals surface area contributed by atoms with E-state index in [0.29, 0.717) is 17.7 Å². The molecule has 0 aliphatic heterocycles. The normalized spacial score (nSPS) is 10.1. The number of alkyl halides is 1. The highest BCUT2D eigenvalue weighted by Gasteiger charge is 2.03. The van der Waals surface area contributed by atoms with E-state index in [0.717, 1.165) is 0 Å². The molecule has 0 saturated carbocycles. The minimum absolute atomic E-state index is 0.0335. The predicted molar refractivity (Wildman–Crippen MR) is 49.4 cm³/mol. The highest BCUT2D eigenvalue weighted by atomic mass is 79.9. The van der Waals surface area contributed by atoms with Crippen molar-refractivity contribution in [2.24, 2.45) is 0 Å².